The van der Waals surface area contributed by atoms with E-state index in [9.17, 15) is 4.79 Å². The van der Waals surface area contributed by atoms with Gasteiger partial charge in [-0.05, 0) is 50.1 Å². The monoisotopic (exact) mass is 351 g/mol. The van der Waals surface area contributed by atoms with E-state index in [1.807, 2.05) is 59.6 Å². The first-order valence-corrected chi connectivity index (χ1v) is 8.84. The summed E-state index contributed by atoms with van der Waals surface area (Å²) in [7, 11) is 0. The molecule has 1 aromatic carbocycles. The number of rotatable bonds is 6. The topological polar surface area (TPSA) is 64.7 Å². The van der Waals surface area contributed by atoms with Crippen LogP contribution in [0.1, 0.15) is 35.6 Å². The number of hydrogen-bond donors (Lipinski definition) is 1. The van der Waals surface area contributed by atoms with Crippen molar-refractivity contribution in [2.45, 2.75) is 40.3 Å². The standard InChI is InChI=1S/C20H25N5O/c1-14(2)19(12-24-10-9-21-13-24)22-20(26)17-5-7-18(8-6-17)25-16(4)11-15(3)23-25/h5-11,13-14,19H,12H2,1-4H3,(H,22,26)/t19-/m1/s1. The molecule has 1 amide bonds. The van der Waals surface area contributed by atoms with Crippen LogP contribution in [0.2, 0.25) is 0 Å². The normalized spacial score (nSPS) is 12.3. The zero-order chi connectivity index (χ0) is 18.7. The molecule has 26 heavy (non-hydrogen) atoms. The van der Waals surface area contributed by atoms with E-state index < -0.39 is 0 Å². The van der Waals surface area contributed by atoms with Crippen molar-refractivity contribution in [2.75, 3.05) is 0 Å². The maximum atomic E-state index is 12.6. The van der Waals surface area contributed by atoms with Crippen molar-refractivity contribution in [1.29, 1.82) is 0 Å². The molecule has 0 aliphatic heterocycles. The molecule has 0 aliphatic rings. The average Bonchev–Trinajstić information content (AvgIpc) is 3.23. The second-order valence-corrected chi connectivity index (χ2v) is 6.97. The molecule has 0 saturated heterocycles. The Balaban J connectivity index is 1.71. The zero-order valence-corrected chi connectivity index (χ0v) is 15.7. The number of carbonyl (C=O) groups is 1. The third kappa shape index (κ3) is 4.02. The van der Waals surface area contributed by atoms with Crippen molar-refractivity contribution in [3.05, 3.63) is 66.0 Å². The summed E-state index contributed by atoms with van der Waals surface area (Å²) in [6.45, 7) is 8.90. The first-order valence-electron chi connectivity index (χ1n) is 8.84. The third-order valence-electron chi connectivity index (χ3n) is 4.47. The number of nitrogens with one attached hydrogen (secondary N) is 1. The van der Waals surface area contributed by atoms with E-state index in [0.717, 1.165) is 17.1 Å². The number of amides is 1. The molecule has 0 aliphatic carbocycles. The van der Waals surface area contributed by atoms with Gasteiger partial charge in [0.15, 0.2) is 0 Å². The predicted octanol–water partition coefficient (Wildman–Crippen LogP) is 3.14. The Kier molecular flexibility index (Phi) is 5.21. The molecular formula is C20H25N5O. The molecule has 0 fully saturated rings. The van der Waals surface area contributed by atoms with Gasteiger partial charge in [-0.2, -0.15) is 5.10 Å². The highest BCUT2D eigenvalue weighted by molar-refractivity contribution is 5.94. The maximum absolute atomic E-state index is 12.6. The molecule has 0 bridgehead atoms. The second kappa shape index (κ2) is 7.56. The summed E-state index contributed by atoms with van der Waals surface area (Å²) < 4.78 is 3.86. The van der Waals surface area contributed by atoms with E-state index in [1.54, 1.807) is 12.5 Å². The minimum atomic E-state index is -0.0660. The summed E-state index contributed by atoms with van der Waals surface area (Å²) in [4.78, 5) is 16.7. The summed E-state index contributed by atoms with van der Waals surface area (Å²) in [6.07, 6.45) is 5.42. The van der Waals surface area contributed by atoms with E-state index in [4.69, 9.17) is 0 Å². The average molecular weight is 351 g/mol. The molecule has 6 nitrogen and oxygen atoms in total. The Bertz CT molecular complexity index is 862. The Morgan fingerprint density at radius 2 is 1.92 bits per heavy atom. The first kappa shape index (κ1) is 17.9. The highest BCUT2D eigenvalue weighted by Crippen LogP contribution is 2.14. The summed E-state index contributed by atoms with van der Waals surface area (Å²) in [5, 5.41) is 7.61. The number of imidazole rings is 1. The van der Waals surface area contributed by atoms with Crippen molar-refractivity contribution in [3.63, 3.8) is 0 Å². The maximum Gasteiger partial charge on any atom is 0.251 e. The Morgan fingerprint density at radius 1 is 1.19 bits per heavy atom. The van der Waals surface area contributed by atoms with Crippen LogP contribution >= 0.6 is 0 Å². The molecule has 0 spiro atoms. The van der Waals surface area contributed by atoms with Crippen LogP contribution in [0, 0.1) is 19.8 Å². The van der Waals surface area contributed by atoms with Gasteiger partial charge in [-0.1, -0.05) is 13.8 Å². The van der Waals surface area contributed by atoms with Crippen molar-refractivity contribution in [1.82, 2.24) is 24.6 Å². The van der Waals surface area contributed by atoms with Crippen molar-refractivity contribution in [3.8, 4) is 5.69 Å². The van der Waals surface area contributed by atoms with Crippen molar-refractivity contribution < 1.29 is 4.79 Å². The van der Waals surface area contributed by atoms with Crippen LogP contribution in [0.25, 0.3) is 5.69 Å². The van der Waals surface area contributed by atoms with Gasteiger partial charge < -0.3 is 9.88 Å². The van der Waals surface area contributed by atoms with Crippen molar-refractivity contribution in [2.24, 2.45) is 5.92 Å². The van der Waals surface area contributed by atoms with Crippen molar-refractivity contribution >= 4 is 5.91 Å². The second-order valence-electron chi connectivity index (χ2n) is 6.97. The van der Waals surface area contributed by atoms with Gasteiger partial charge in [0.2, 0.25) is 0 Å². The lowest BCUT2D eigenvalue weighted by atomic mass is 10.0. The molecule has 3 rings (SSSR count). The highest BCUT2D eigenvalue weighted by atomic mass is 16.1. The Labute approximate surface area is 153 Å². The molecule has 0 saturated carbocycles. The van der Waals surface area contributed by atoms with Gasteiger partial charge >= 0.3 is 0 Å². The third-order valence-corrected chi connectivity index (χ3v) is 4.47. The highest BCUT2D eigenvalue weighted by Gasteiger charge is 2.18. The summed E-state index contributed by atoms with van der Waals surface area (Å²) in [5.74, 6) is 0.249. The van der Waals surface area contributed by atoms with Crippen LogP contribution in [-0.2, 0) is 6.54 Å². The van der Waals surface area contributed by atoms with Gasteiger partial charge in [-0.25, -0.2) is 9.67 Å². The van der Waals surface area contributed by atoms with E-state index in [2.05, 4.69) is 29.2 Å². The van der Waals surface area contributed by atoms with Gasteiger partial charge in [0.25, 0.3) is 5.91 Å². The van der Waals surface area contributed by atoms with Gasteiger partial charge in [0, 0.05) is 36.2 Å². The predicted molar refractivity (Wildman–Crippen MR) is 101 cm³/mol. The van der Waals surface area contributed by atoms with Crippen LogP contribution in [0.15, 0.2) is 49.1 Å². The van der Waals surface area contributed by atoms with E-state index in [0.29, 0.717) is 18.0 Å². The SMILES string of the molecule is Cc1cc(C)n(-c2ccc(C(=O)N[C@H](Cn3ccnc3)C(C)C)cc2)n1. The molecule has 1 atom stereocenters. The van der Waals surface area contributed by atoms with Gasteiger partial charge in [-0.3, -0.25) is 4.79 Å². The smallest absolute Gasteiger partial charge is 0.251 e. The quantitative estimate of drug-likeness (QED) is 0.742. The summed E-state index contributed by atoms with van der Waals surface area (Å²) in [5.41, 5.74) is 3.64. The van der Waals surface area contributed by atoms with Gasteiger partial charge in [-0.15, -0.1) is 0 Å². The lowest BCUT2D eigenvalue weighted by Gasteiger charge is -2.23. The van der Waals surface area contributed by atoms with E-state index in [1.165, 1.54) is 0 Å². The number of aryl methyl sites for hydroxylation is 2. The molecule has 0 unspecified atom stereocenters. The molecule has 136 valence electrons. The largest absolute Gasteiger partial charge is 0.347 e. The number of aromatic nitrogens is 4. The molecule has 6 heteroatoms. The fourth-order valence-corrected chi connectivity index (χ4v) is 2.94. The Morgan fingerprint density at radius 3 is 2.46 bits per heavy atom. The minimum Gasteiger partial charge on any atom is -0.347 e. The van der Waals surface area contributed by atoms with Gasteiger partial charge in [0.1, 0.15) is 0 Å². The lowest BCUT2D eigenvalue weighted by Crippen LogP contribution is -2.41. The molecule has 1 N–H and O–H groups in total. The number of carbonyl (C=O) groups excluding carboxylic acids is 1. The zero-order valence-electron chi connectivity index (χ0n) is 15.7. The number of hydrogen-bond acceptors (Lipinski definition) is 3. The van der Waals surface area contributed by atoms with Crippen LogP contribution in [0.5, 0.6) is 0 Å². The van der Waals surface area contributed by atoms with Crippen LogP contribution in [0.4, 0.5) is 0 Å². The minimum absolute atomic E-state index is 0.0346. The fourth-order valence-electron chi connectivity index (χ4n) is 2.94. The van der Waals surface area contributed by atoms with E-state index >= 15 is 0 Å². The van der Waals surface area contributed by atoms with Crippen LogP contribution < -0.4 is 5.32 Å². The molecule has 2 aromatic heterocycles. The molecule has 2 heterocycles. The number of nitrogens with zero attached hydrogens (tertiary/aromatic N) is 4. The summed E-state index contributed by atoms with van der Waals surface area (Å²) in [6, 6.07) is 9.60. The lowest BCUT2D eigenvalue weighted by molar-refractivity contribution is 0.0920. The van der Waals surface area contributed by atoms with E-state index in [-0.39, 0.29) is 11.9 Å². The molecule has 0 radical (unpaired) electrons. The first-order chi connectivity index (χ1) is 12.4. The molecular weight excluding hydrogens is 326 g/mol. The molecule has 3 aromatic rings. The van der Waals surface area contributed by atoms with Crippen LogP contribution in [0.3, 0.4) is 0 Å². The number of benzene rings is 1. The Hall–Kier alpha value is -2.89. The summed E-state index contributed by atoms with van der Waals surface area (Å²) >= 11 is 0. The van der Waals surface area contributed by atoms with Crippen LogP contribution in [-0.4, -0.2) is 31.3 Å². The fraction of sp³-hybridized carbons (Fsp3) is 0.350. The van der Waals surface area contributed by atoms with Gasteiger partial charge in [0.05, 0.1) is 17.7 Å².